The third-order valence-electron chi connectivity index (χ3n) is 3.21. The molecule has 0 aliphatic carbocycles. The van der Waals surface area contributed by atoms with Gasteiger partial charge in [-0.05, 0) is 44.0 Å². The number of anilines is 1. The van der Waals surface area contributed by atoms with Crippen molar-refractivity contribution in [2.75, 3.05) is 11.9 Å². The van der Waals surface area contributed by atoms with E-state index in [1.165, 1.54) is 11.3 Å². The Balaban J connectivity index is 1.87. The fraction of sp³-hybridized carbons (Fsp3) is 0.294. The Morgan fingerprint density at radius 3 is 2.45 bits per heavy atom. The molecule has 0 fully saturated rings. The van der Waals surface area contributed by atoms with Crippen molar-refractivity contribution in [1.29, 1.82) is 0 Å². The lowest BCUT2D eigenvalue weighted by atomic mass is 10.2. The number of ether oxygens (including phenoxy) is 1. The van der Waals surface area contributed by atoms with Crippen molar-refractivity contribution in [1.82, 2.24) is 0 Å². The molecule has 1 amide bonds. The van der Waals surface area contributed by atoms with Crippen LogP contribution < -0.4 is 5.32 Å². The van der Waals surface area contributed by atoms with Crippen LogP contribution in [-0.2, 0) is 16.0 Å². The van der Waals surface area contributed by atoms with Crippen LogP contribution in [0.3, 0.4) is 0 Å². The monoisotopic (exact) mass is 317 g/mol. The average Bonchev–Trinajstić information content (AvgIpc) is 2.88. The number of hydrogen-bond donors (Lipinski definition) is 1. The van der Waals surface area contributed by atoms with E-state index in [1.807, 2.05) is 51.1 Å². The number of rotatable bonds is 5. The Morgan fingerprint density at radius 2 is 1.86 bits per heavy atom. The number of hydrogen-bond acceptors (Lipinski definition) is 4. The van der Waals surface area contributed by atoms with Gasteiger partial charge in [-0.3, -0.25) is 4.79 Å². The van der Waals surface area contributed by atoms with E-state index in [0.717, 1.165) is 22.4 Å². The summed E-state index contributed by atoms with van der Waals surface area (Å²) in [5, 5.41) is 2.69. The van der Waals surface area contributed by atoms with Crippen LogP contribution in [0.25, 0.3) is 0 Å². The van der Waals surface area contributed by atoms with Crippen LogP contribution in [-0.4, -0.2) is 18.5 Å². The molecule has 0 atom stereocenters. The highest BCUT2D eigenvalue weighted by Crippen LogP contribution is 2.23. The van der Waals surface area contributed by atoms with E-state index in [2.05, 4.69) is 5.32 Å². The Bertz CT molecular complexity index is 674. The maximum absolute atomic E-state index is 11.9. The number of thiophene rings is 1. The summed E-state index contributed by atoms with van der Waals surface area (Å²) < 4.78 is 5.06. The molecular formula is C17H19NO3S. The number of carbonyl (C=O) groups excluding carboxylic acids is 2. The molecule has 2 aromatic rings. The zero-order valence-corrected chi connectivity index (χ0v) is 13.8. The zero-order valence-electron chi connectivity index (χ0n) is 12.9. The number of carbonyl (C=O) groups is 2. The second-order valence-electron chi connectivity index (χ2n) is 5.06. The molecular weight excluding hydrogens is 298 g/mol. The molecule has 5 heteroatoms. The van der Waals surface area contributed by atoms with Gasteiger partial charge in [0.1, 0.15) is 4.88 Å². The normalized spacial score (nSPS) is 10.3. The van der Waals surface area contributed by atoms with Gasteiger partial charge in [-0.25, -0.2) is 4.79 Å². The Hall–Kier alpha value is -2.14. The van der Waals surface area contributed by atoms with Gasteiger partial charge < -0.3 is 10.1 Å². The van der Waals surface area contributed by atoms with Crippen molar-refractivity contribution in [2.45, 2.75) is 27.2 Å². The van der Waals surface area contributed by atoms with Crippen molar-refractivity contribution in [2.24, 2.45) is 0 Å². The minimum atomic E-state index is -0.452. The van der Waals surface area contributed by atoms with Gasteiger partial charge in [-0.15, -0.1) is 11.3 Å². The lowest BCUT2D eigenvalue weighted by Crippen LogP contribution is -2.20. The molecule has 0 radical (unpaired) electrons. The van der Waals surface area contributed by atoms with Crippen LogP contribution in [0.4, 0.5) is 5.69 Å². The fourth-order valence-corrected chi connectivity index (χ4v) is 3.02. The van der Waals surface area contributed by atoms with Crippen molar-refractivity contribution in [3.63, 3.8) is 0 Å². The lowest BCUT2D eigenvalue weighted by Gasteiger charge is -2.06. The largest absolute Gasteiger partial charge is 0.451 e. The van der Waals surface area contributed by atoms with Crippen molar-refractivity contribution in [3.05, 3.63) is 51.2 Å². The first-order valence-electron chi connectivity index (χ1n) is 7.12. The highest BCUT2D eigenvalue weighted by molar-refractivity contribution is 7.14. The molecule has 0 spiro atoms. The van der Waals surface area contributed by atoms with Crippen molar-refractivity contribution in [3.8, 4) is 0 Å². The number of benzene rings is 1. The van der Waals surface area contributed by atoms with Gasteiger partial charge in [0, 0.05) is 10.6 Å². The predicted octanol–water partition coefficient (Wildman–Crippen LogP) is 3.72. The van der Waals surface area contributed by atoms with Gasteiger partial charge in [0.15, 0.2) is 6.61 Å². The first-order chi connectivity index (χ1) is 10.5. The third-order valence-corrected chi connectivity index (χ3v) is 4.57. The van der Waals surface area contributed by atoms with Crippen LogP contribution >= 0.6 is 11.3 Å². The van der Waals surface area contributed by atoms with Crippen LogP contribution in [0.1, 0.15) is 32.6 Å². The minimum absolute atomic E-state index is 0.287. The average molecular weight is 317 g/mol. The molecule has 0 saturated carbocycles. The van der Waals surface area contributed by atoms with Gasteiger partial charge in [-0.1, -0.05) is 24.6 Å². The molecule has 0 aliphatic rings. The number of aryl methyl sites for hydroxylation is 3. The number of amides is 1. The predicted molar refractivity (Wildman–Crippen MR) is 88.5 cm³/mol. The van der Waals surface area contributed by atoms with Gasteiger partial charge in [0.05, 0.1) is 0 Å². The van der Waals surface area contributed by atoms with Gasteiger partial charge in [-0.2, -0.15) is 0 Å². The highest BCUT2D eigenvalue weighted by atomic mass is 32.1. The summed E-state index contributed by atoms with van der Waals surface area (Å²) in [6.07, 6.45) is 0.887. The van der Waals surface area contributed by atoms with Crippen LogP contribution in [0.5, 0.6) is 0 Å². The maximum Gasteiger partial charge on any atom is 0.348 e. The molecule has 0 unspecified atom stereocenters. The van der Waals surface area contributed by atoms with E-state index in [0.29, 0.717) is 10.6 Å². The summed E-state index contributed by atoms with van der Waals surface area (Å²) in [6, 6.07) is 9.24. The van der Waals surface area contributed by atoms with Crippen molar-refractivity contribution >= 4 is 28.9 Å². The van der Waals surface area contributed by atoms with E-state index in [4.69, 9.17) is 4.74 Å². The molecule has 4 nitrogen and oxygen atoms in total. The van der Waals surface area contributed by atoms with Gasteiger partial charge in [0.2, 0.25) is 0 Å². The SMILES string of the molecule is CCc1sc(C(=O)OCC(=O)Nc2ccc(C)cc2)cc1C. The summed E-state index contributed by atoms with van der Waals surface area (Å²) in [5.41, 5.74) is 2.89. The zero-order chi connectivity index (χ0) is 16.1. The topological polar surface area (TPSA) is 55.4 Å². The van der Waals surface area contributed by atoms with Crippen LogP contribution in [0, 0.1) is 13.8 Å². The first kappa shape index (κ1) is 16.2. The Kier molecular flexibility index (Phi) is 5.33. The highest BCUT2D eigenvalue weighted by Gasteiger charge is 2.14. The van der Waals surface area contributed by atoms with E-state index in [1.54, 1.807) is 0 Å². The van der Waals surface area contributed by atoms with Gasteiger partial charge in [0.25, 0.3) is 5.91 Å². The molecule has 22 heavy (non-hydrogen) atoms. The second-order valence-corrected chi connectivity index (χ2v) is 6.20. The fourth-order valence-electron chi connectivity index (χ4n) is 2.01. The molecule has 116 valence electrons. The molecule has 0 bridgehead atoms. The van der Waals surface area contributed by atoms with Crippen LogP contribution in [0.2, 0.25) is 0 Å². The summed E-state index contributed by atoms with van der Waals surface area (Å²) in [6.45, 7) is 5.70. The standard InChI is InChI=1S/C17H19NO3S/c1-4-14-12(3)9-15(22-14)17(20)21-10-16(19)18-13-7-5-11(2)6-8-13/h5-9H,4,10H2,1-3H3,(H,18,19). The molecule has 1 heterocycles. The summed E-state index contributed by atoms with van der Waals surface area (Å²) >= 11 is 1.42. The number of nitrogens with one attached hydrogen (secondary N) is 1. The Labute approximate surface area is 134 Å². The third kappa shape index (κ3) is 4.18. The summed E-state index contributed by atoms with van der Waals surface area (Å²) in [5.74, 6) is -0.798. The van der Waals surface area contributed by atoms with Gasteiger partial charge >= 0.3 is 5.97 Å². The van der Waals surface area contributed by atoms with E-state index < -0.39 is 5.97 Å². The second kappa shape index (κ2) is 7.22. The van der Waals surface area contributed by atoms with E-state index >= 15 is 0 Å². The summed E-state index contributed by atoms with van der Waals surface area (Å²) in [4.78, 5) is 25.4. The van der Waals surface area contributed by atoms with Crippen LogP contribution in [0.15, 0.2) is 30.3 Å². The smallest absolute Gasteiger partial charge is 0.348 e. The lowest BCUT2D eigenvalue weighted by molar-refractivity contribution is -0.119. The molecule has 1 aromatic heterocycles. The molecule has 0 aliphatic heterocycles. The van der Waals surface area contributed by atoms with Crippen molar-refractivity contribution < 1.29 is 14.3 Å². The molecule has 1 aromatic carbocycles. The molecule has 1 N–H and O–H groups in total. The maximum atomic E-state index is 11.9. The van der Waals surface area contributed by atoms with E-state index in [9.17, 15) is 9.59 Å². The molecule has 2 rings (SSSR count). The Morgan fingerprint density at radius 1 is 1.18 bits per heavy atom. The summed E-state index contributed by atoms with van der Waals surface area (Å²) in [7, 11) is 0. The van der Waals surface area contributed by atoms with E-state index in [-0.39, 0.29) is 12.5 Å². The quantitative estimate of drug-likeness (QED) is 0.855. The number of esters is 1. The minimum Gasteiger partial charge on any atom is -0.451 e. The molecule has 0 saturated heterocycles. The first-order valence-corrected chi connectivity index (χ1v) is 7.94.